The van der Waals surface area contributed by atoms with Crippen LogP contribution in [0.25, 0.3) is 33.4 Å². The van der Waals surface area contributed by atoms with E-state index in [9.17, 15) is 14.0 Å². The van der Waals surface area contributed by atoms with Gasteiger partial charge in [-0.05, 0) is 73.5 Å². The van der Waals surface area contributed by atoms with E-state index < -0.39 is 0 Å². The van der Waals surface area contributed by atoms with E-state index in [1.54, 1.807) is 31.3 Å². The largest absolute Gasteiger partial charge is 0.455 e. The molecule has 0 fully saturated rings. The van der Waals surface area contributed by atoms with Crippen molar-refractivity contribution in [3.8, 4) is 22.5 Å². The molecule has 2 amide bonds. The van der Waals surface area contributed by atoms with Crippen LogP contribution in [0.5, 0.6) is 0 Å². The number of benzene rings is 3. The van der Waals surface area contributed by atoms with Gasteiger partial charge in [0, 0.05) is 29.6 Å². The van der Waals surface area contributed by atoms with Gasteiger partial charge in [-0.1, -0.05) is 18.2 Å². The molecule has 0 saturated carbocycles. The highest BCUT2D eigenvalue weighted by atomic mass is 19.1. The van der Waals surface area contributed by atoms with E-state index in [2.05, 4.69) is 10.6 Å². The monoisotopic (exact) mass is 430 g/mol. The summed E-state index contributed by atoms with van der Waals surface area (Å²) in [5.74, 6) is -0.433. The van der Waals surface area contributed by atoms with Gasteiger partial charge in [0.15, 0.2) is 0 Å². The summed E-state index contributed by atoms with van der Waals surface area (Å²) in [4.78, 5) is 25.2. The van der Waals surface area contributed by atoms with E-state index in [1.165, 1.54) is 12.1 Å². The van der Waals surface area contributed by atoms with Gasteiger partial charge in [0.05, 0.1) is 5.56 Å². The first-order chi connectivity index (χ1) is 15.4. The maximum atomic E-state index is 13.4. The normalized spacial score (nSPS) is 11.0. The van der Waals surface area contributed by atoms with Crippen molar-refractivity contribution in [2.45, 2.75) is 19.9 Å². The molecule has 32 heavy (non-hydrogen) atoms. The Bertz CT molecular complexity index is 1310. The van der Waals surface area contributed by atoms with E-state index in [-0.39, 0.29) is 23.7 Å². The molecule has 1 aromatic heterocycles. The second-order valence-electron chi connectivity index (χ2n) is 7.81. The van der Waals surface area contributed by atoms with Crippen molar-refractivity contribution in [3.05, 3.63) is 83.7 Å². The zero-order valence-electron chi connectivity index (χ0n) is 18.0. The van der Waals surface area contributed by atoms with E-state index in [0.29, 0.717) is 33.4 Å². The van der Waals surface area contributed by atoms with Gasteiger partial charge in [-0.3, -0.25) is 9.59 Å². The number of carbonyl (C=O) groups excluding carboxylic acids is 2. The maximum absolute atomic E-state index is 13.4. The summed E-state index contributed by atoms with van der Waals surface area (Å²) >= 11 is 0. The lowest BCUT2D eigenvalue weighted by Crippen LogP contribution is -2.30. The van der Waals surface area contributed by atoms with Crippen LogP contribution < -0.4 is 10.6 Å². The quantitative estimate of drug-likeness (QED) is 0.445. The Hall–Kier alpha value is -3.93. The molecule has 0 aliphatic carbocycles. The number of halogens is 1. The Balaban J connectivity index is 1.83. The molecule has 0 saturated heterocycles. The summed E-state index contributed by atoms with van der Waals surface area (Å²) in [6, 6.07) is 18.7. The molecule has 0 atom stereocenters. The Morgan fingerprint density at radius 3 is 2.25 bits per heavy atom. The van der Waals surface area contributed by atoms with E-state index >= 15 is 0 Å². The van der Waals surface area contributed by atoms with Gasteiger partial charge in [0.1, 0.15) is 17.2 Å². The topological polar surface area (TPSA) is 71.3 Å². The highest BCUT2D eigenvalue weighted by molar-refractivity contribution is 6.11. The number of nitrogens with one attached hydrogen (secondary N) is 2. The number of fused-ring (bicyclic) bond motifs is 1. The number of rotatable bonds is 5. The Morgan fingerprint density at radius 1 is 0.875 bits per heavy atom. The van der Waals surface area contributed by atoms with Crippen molar-refractivity contribution in [1.29, 1.82) is 0 Å². The van der Waals surface area contributed by atoms with Crippen molar-refractivity contribution in [2.75, 3.05) is 7.05 Å². The van der Waals surface area contributed by atoms with Crippen molar-refractivity contribution >= 4 is 22.8 Å². The fraction of sp³-hybridized carbons (Fsp3) is 0.154. The van der Waals surface area contributed by atoms with Gasteiger partial charge in [0.2, 0.25) is 0 Å². The predicted octanol–water partition coefficient (Wildman–Crippen LogP) is 5.40. The highest BCUT2D eigenvalue weighted by Crippen LogP contribution is 2.36. The molecule has 0 unspecified atom stereocenters. The third-order valence-electron chi connectivity index (χ3n) is 5.13. The van der Waals surface area contributed by atoms with Gasteiger partial charge in [-0.2, -0.15) is 0 Å². The first kappa shape index (κ1) is 21.3. The van der Waals surface area contributed by atoms with E-state index in [0.717, 1.165) is 11.1 Å². The van der Waals surface area contributed by atoms with Crippen molar-refractivity contribution in [2.24, 2.45) is 0 Å². The first-order valence-electron chi connectivity index (χ1n) is 10.3. The minimum atomic E-state index is -0.366. The lowest BCUT2D eigenvalue weighted by atomic mass is 9.99. The average Bonchev–Trinajstić information content (AvgIpc) is 3.17. The number of hydrogen-bond donors (Lipinski definition) is 2. The molecule has 0 bridgehead atoms. The van der Waals surface area contributed by atoms with E-state index in [1.807, 2.05) is 44.2 Å². The maximum Gasteiger partial charge on any atom is 0.255 e. The van der Waals surface area contributed by atoms with Gasteiger partial charge in [-0.15, -0.1) is 0 Å². The van der Waals surface area contributed by atoms with Crippen LogP contribution >= 0.6 is 0 Å². The Kier molecular flexibility index (Phi) is 5.77. The van der Waals surface area contributed by atoms with Crippen LogP contribution in [0, 0.1) is 5.82 Å². The average molecular weight is 430 g/mol. The molecule has 6 heteroatoms. The number of amides is 2. The minimum absolute atomic E-state index is 0.0356. The van der Waals surface area contributed by atoms with Crippen LogP contribution in [0.1, 0.15) is 34.6 Å². The SMILES string of the molecule is CNC(=O)c1c(-c2ccc(F)cc2)oc2ccc(-c3cccc(C(=O)NC(C)C)c3)cc12. The first-order valence-corrected chi connectivity index (χ1v) is 10.3. The lowest BCUT2D eigenvalue weighted by Gasteiger charge is -2.10. The molecule has 2 N–H and O–H groups in total. The van der Waals surface area contributed by atoms with Gasteiger partial charge in [-0.25, -0.2) is 4.39 Å². The lowest BCUT2D eigenvalue weighted by molar-refractivity contribution is 0.0940. The molecule has 0 aliphatic heterocycles. The van der Waals surface area contributed by atoms with Crippen molar-refractivity contribution in [1.82, 2.24) is 10.6 Å². The molecule has 5 nitrogen and oxygen atoms in total. The second kappa shape index (κ2) is 8.67. The van der Waals surface area contributed by atoms with Crippen LogP contribution in [0.2, 0.25) is 0 Å². The Morgan fingerprint density at radius 2 is 1.56 bits per heavy atom. The summed E-state index contributed by atoms with van der Waals surface area (Å²) in [6.45, 7) is 3.82. The molecule has 0 radical (unpaired) electrons. The third kappa shape index (κ3) is 4.12. The number of furan rings is 1. The van der Waals surface area contributed by atoms with Gasteiger partial charge >= 0.3 is 0 Å². The Labute approximate surface area is 185 Å². The second-order valence-corrected chi connectivity index (χ2v) is 7.81. The fourth-order valence-corrected chi connectivity index (χ4v) is 3.62. The fourth-order valence-electron chi connectivity index (χ4n) is 3.62. The summed E-state index contributed by atoms with van der Waals surface area (Å²) < 4.78 is 19.4. The summed E-state index contributed by atoms with van der Waals surface area (Å²) in [6.07, 6.45) is 0. The third-order valence-corrected chi connectivity index (χ3v) is 5.13. The highest BCUT2D eigenvalue weighted by Gasteiger charge is 2.22. The molecule has 3 aromatic carbocycles. The molecule has 0 spiro atoms. The molecule has 162 valence electrons. The zero-order chi connectivity index (χ0) is 22.8. The molecule has 4 rings (SSSR count). The van der Waals surface area contributed by atoms with Gasteiger partial charge < -0.3 is 15.1 Å². The van der Waals surface area contributed by atoms with Crippen LogP contribution in [0.3, 0.4) is 0 Å². The van der Waals surface area contributed by atoms with Crippen molar-refractivity contribution in [3.63, 3.8) is 0 Å². The predicted molar refractivity (Wildman–Crippen MR) is 123 cm³/mol. The molecular formula is C26H23FN2O3. The molecular weight excluding hydrogens is 407 g/mol. The number of hydrogen-bond acceptors (Lipinski definition) is 3. The van der Waals surface area contributed by atoms with Crippen LogP contribution in [0.4, 0.5) is 4.39 Å². The molecule has 4 aromatic rings. The zero-order valence-corrected chi connectivity index (χ0v) is 18.0. The van der Waals surface area contributed by atoms with Crippen LogP contribution in [-0.4, -0.2) is 24.9 Å². The molecule has 1 heterocycles. The van der Waals surface area contributed by atoms with Crippen LogP contribution in [-0.2, 0) is 0 Å². The smallest absolute Gasteiger partial charge is 0.255 e. The van der Waals surface area contributed by atoms with Crippen LogP contribution in [0.15, 0.2) is 71.1 Å². The van der Waals surface area contributed by atoms with E-state index in [4.69, 9.17) is 4.42 Å². The minimum Gasteiger partial charge on any atom is -0.455 e. The summed E-state index contributed by atoms with van der Waals surface area (Å²) in [5, 5.41) is 6.18. The van der Waals surface area contributed by atoms with Crippen molar-refractivity contribution < 1.29 is 18.4 Å². The number of carbonyl (C=O) groups is 2. The van der Waals surface area contributed by atoms with Gasteiger partial charge in [0.25, 0.3) is 11.8 Å². The summed E-state index contributed by atoms with van der Waals surface area (Å²) in [5.41, 5.74) is 3.77. The summed E-state index contributed by atoms with van der Waals surface area (Å²) in [7, 11) is 1.55. The standard InChI is InChI=1S/C26H23FN2O3/c1-15(2)29-25(30)19-6-4-5-17(13-19)18-9-12-22-21(14-18)23(26(31)28-3)24(32-22)16-7-10-20(27)11-8-16/h4-15H,1-3H3,(H,28,31)(H,29,30). The molecule has 0 aliphatic rings.